The van der Waals surface area contributed by atoms with Crippen LogP contribution in [0.25, 0.3) is 10.9 Å². The fourth-order valence-electron chi connectivity index (χ4n) is 2.68. The number of hydrogen-bond acceptors (Lipinski definition) is 4. The van der Waals surface area contributed by atoms with Crippen molar-refractivity contribution in [2.75, 3.05) is 11.9 Å². The first kappa shape index (κ1) is 17.5. The molecule has 0 fully saturated rings. The molecule has 0 saturated carbocycles. The van der Waals surface area contributed by atoms with Crippen LogP contribution in [0.4, 0.5) is 10.5 Å². The highest BCUT2D eigenvalue weighted by atomic mass is 16.5. The van der Waals surface area contributed by atoms with Crippen LogP contribution in [0.15, 0.2) is 54.7 Å². The van der Waals surface area contributed by atoms with Gasteiger partial charge in [-0.15, -0.1) is 0 Å². The van der Waals surface area contributed by atoms with E-state index in [4.69, 9.17) is 9.47 Å². The van der Waals surface area contributed by atoms with E-state index in [-0.39, 0.29) is 19.0 Å². The molecule has 0 saturated heterocycles. The molecule has 2 aromatic carbocycles. The number of nitrogens with one attached hydrogen (secondary N) is 2. The number of rotatable bonds is 6. The molecule has 0 atom stereocenters. The largest absolute Gasteiger partial charge is 0.450 e. The van der Waals surface area contributed by atoms with Gasteiger partial charge in [-0.1, -0.05) is 24.3 Å². The third kappa shape index (κ3) is 4.42. The lowest BCUT2D eigenvalue weighted by Crippen LogP contribution is -2.13. The minimum absolute atomic E-state index is 0.261. The van der Waals surface area contributed by atoms with Crippen molar-refractivity contribution < 1.29 is 19.1 Å². The molecule has 0 spiro atoms. The van der Waals surface area contributed by atoms with Gasteiger partial charge in [0, 0.05) is 28.9 Å². The van der Waals surface area contributed by atoms with Gasteiger partial charge in [-0.2, -0.15) is 0 Å². The third-order valence-corrected chi connectivity index (χ3v) is 3.86. The van der Waals surface area contributed by atoms with E-state index in [1.54, 1.807) is 31.2 Å². The lowest BCUT2D eigenvalue weighted by molar-refractivity contribution is -0.134. The van der Waals surface area contributed by atoms with Crippen molar-refractivity contribution in [3.8, 4) is 5.75 Å². The minimum Gasteiger partial charge on any atom is -0.450 e. The molecule has 0 radical (unpaired) electrons. The quantitative estimate of drug-likeness (QED) is 0.513. The first-order valence-corrected chi connectivity index (χ1v) is 8.45. The number of esters is 1. The van der Waals surface area contributed by atoms with Crippen LogP contribution in [-0.4, -0.2) is 23.7 Å². The SMILES string of the molecule is CCOC(=O)Nc1cccc(OC(=O)CCc2c[nH]c3ccccc23)c1. The Kier molecular flexibility index (Phi) is 5.53. The van der Waals surface area contributed by atoms with Crippen molar-refractivity contribution in [2.24, 2.45) is 0 Å². The van der Waals surface area contributed by atoms with Gasteiger partial charge in [0.1, 0.15) is 5.75 Å². The third-order valence-electron chi connectivity index (χ3n) is 3.86. The summed E-state index contributed by atoms with van der Waals surface area (Å²) in [6, 6.07) is 14.6. The number of hydrogen-bond donors (Lipinski definition) is 2. The summed E-state index contributed by atoms with van der Waals surface area (Å²) in [5.74, 6) is 0.0480. The number of aromatic amines is 1. The molecule has 0 aliphatic heterocycles. The molecule has 1 amide bonds. The van der Waals surface area contributed by atoms with Crippen molar-refractivity contribution in [3.63, 3.8) is 0 Å². The maximum Gasteiger partial charge on any atom is 0.411 e. The Morgan fingerprint density at radius 1 is 1.12 bits per heavy atom. The molecule has 2 N–H and O–H groups in total. The Bertz CT molecular complexity index is 917. The predicted octanol–water partition coefficient (Wildman–Crippen LogP) is 4.27. The molecular formula is C20H20N2O4. The second-order valence-electron chi connectivity index (χ2n) is 5.71. The van der Waals surface area contributed by atoms with Crippen LogP contribution in [-0.2, 0) is 16.0 Å². The second kappa shape index (κ2) is 8.20. The maximum atomic E-state index is 12.1. The zero-order chi connectivity index (χ0) is 18.4. The normalized spacial score (nSPS) is 10.5. The fraction of sp³-hybridized carbons (Fsp3) is 0.200. The van der Waals surface area contributed by atoms with E-state index < -0.39 is 6.09 Å². The van der Waals surface area contributed by atoms with E-state index in [0.29, 0.717) is 17.9 Å². The van der Waals surface area contributed by atoms with E-state index in [9.17, 15) is 9.59 Å². The Morgan fingerprint density at radius 3 is 2.81 bits per heavy atom. The summed E-state index contributed by atoms with van der Waals surface area (Å²) >= 11 is 0. The molecule has 6 nitrogen and oxygen atoms in total. The summed E-state index contributed by atoms with van der Waals surface area (Å²) in [4.78, 5) is 26.8. The number of anilines is 1. The fourth-order valence-corrected chi connectivity index (χ4v) is 2.68. The summed E-state index contributed by atoms with van der Waals surface area (Å²) in [5, 5.41) is 3.69. The number of H-pyrrole nitrogens is 1. The molecule has 3 aromatic rings. The highest BCUT2D eigenvalue weighted by Gasteiger charge is 2.10. The van der Waals surface area contributed by atoms with Crippen LogP contribution in [0.3, 0.4) is 0 Å². The maximum absolute atomic E-state index is 12.1. The van der Waals surface area contributed by atoms with Gasteiger partial charge in [-0.3, -0.25) is 10.1 Å². The molecule has 0 unspecified atom stereocenters. The number of benzene rings is 2. The first-order chi connectivity index (χ1) is 12.7. The highest BCUT2D eigenvalue weighted by molar-refractivity contribution is 5.85. The Hall–Kier alpha value is -3.28. The second-order valence-corrected chi connectivity index (χ2v) is 5.71. The first-order valence-electron chi connectivity index (χ1n) is 8.45. The van der Waals surface area contributed by atoms with Crippen molar-refractivity contribution in [1.82, 2.24) is 4.98 Å². The molecule has 1 heterocycles. The van der Waals surface area contributed by atoms with Crippen LogP contribution in [0.5, 0.6) is 5.75 Å². The van der Waals surface area contributed by atoms with Crippen molar-refractivity contribution >= 4 is 28.7 Å². The molecular weight excluding hydrogens is 332 g/mol. The van der Waals surface area contributed by atoms with Gasteiger partial charge in [0.2, 0.25) is 0 Å². The molecule has 0 aliphatic carbocycles. The molecule has 26 heavy (non-hydrogen) atoms. The van der Waals surface area contributed by atoms with Crippen molar-refractivity contribution in [3.05, 3.63) is 60.3 Å². The van der Waals surface area contributed by atoms with Crippen LogP contribution < -0.4 is 10.1 Å². The van der Waals surface area contributed by atoms with Crippen molar-refractivity contribution in [1.29, 1.82) is 0 Å². The molecule has 0 bridgehead atoms. The van der Waals surface area contributed by atoms with Gasteiger partial charge in [0.15, 0.2) is 0 Å². The predicted molar refractivity (Wildman–Crippen MR) is 99.3 cm³/mol. The molecule has 0 aliphatic rings. The number of carbonyl (C=O) groups excluding carboxylic acids is 2. The van der Waals surface area contributed by atoms with E-state index >= 15 is 0 Å². The molecule has 6 heteroatoms. The lowest BCUT2D eigenvalue weighted by Gasteiger charge is -2.08. The summed E-state index contributed by atoms with van der Waals surface area (Å²) in [6.45, 7) is 2.01. The van der Waals surface area contributed by atoms with Gasteiger partial charge < -0.3 is 14.5 Å². The van der Waals surface area contributed by atoms with Crippen LogP contribution in [0, 0.1) is 0 Å². The average Bonchev–Trinajstić information content (AvgIpc) is 3.04. The average molecular weight is 352 g/mol. The van der Waals surface area contributed by atoms with E-state index in [1.165, 1.54) is 0 Å². The van der Waals surface area contributed by atoms with E-state index in [0.717, 1.165) is 16.5 Å². The standard InChI is InChI=1S/C20H20N2O4/c1-2-25-20(24)22-15-6-5-7-16(12-15)26-19(23)11-10-14-13-21-18-9-4-3-8-17(14)18/h3-9,12-13,21H,2,10-11H2,1H3,(H,22,24). The van der Waals surface area contributed by atoms with Gasteiger partial charge in [0.25, 0.3) is 0 Å². The molecule has 1 aromatic heterocycles. The van der Waals surface area contributed by atoms with Gasteiger partial charge in [-0.25, -0.2) is 4.79 Å². The number of fused-ring (bicyclic) bond motifs is 1. The summed E-state index contributed by atoms with van der Waals surface area (Å²) < 4.78 is 10.2. The zero-order valence-electron chi connectivity index (χ0n) is 14.5. The zero-order valence-corrected chi connectivity index (χ0v) is 14.5. The number of carbonyl (C=O) groups is 2. The Balaban J connectivity index is 1.57. The van der Waals surface area contributed by atoms with E-state index in [2.05, 4.69) is 10.3 Å². The highest BCUT2D eigenvalue weighted by Crippen LogP contribution is 2.21. The number of aryl methyl sites for hydroxylation is 1. The van der Waals surface area contributed by atoms with Gasteiger partial charge in [-0.05, 0) is 37.1 Å². The molecule has 3 rings (SSSR count). The summed E-state index contributed by atoms with van der Waals surface area (Å²) in [7, 11) is 0. The monoisotopic (exact) mass is 352 g/mol. The Morgan fingerprint density at radius 2 is 1.96 bits per heavy atom. The van der Waals surface area contributed by atoms with Crippen LogP contribution in [0.1, 0.15) is 18.9 Å². The van der Waals surface area contributed by atoms with Crippen LogP contribution in [0.2, 0.25) is 0 Å². The lowest BCUT2D eigenvalue weighted by atomic mass is 10.1. The van der Waals surface area contributed by atoms with E-state index in [1.807, 2.05) is 30.5 Å². The smallest absolute Gasteiger partial charge is 0.411 e. The molecule has 134 valence electrons. The van der Waals surface area contributed by atoms with Crippen LogP contribution >= 0.6 is 0 Å². The summed E-state index contributed by atoms with van der Waals surface area (Å²) in [6.07, 6.45) is 2.22. The number of aromatic nitrogens is 1. The number of amides is 1. The van der Waals surface area contributed by atoms with Gasteiger partial charge in [0.05, 0.1) is 13.0 Å². The van der Waals surface area contributed by atoms with Crippen molar-refractivity contribution in [2.45, 2.75) is 19.8 Å². The number of ether oxygens (including phenoxy) is 2. The Labute approximate surface area is 151 Å². The summed E-state index contributed by atoms with van der Waals surface area (Å²) in [5.41, 5.74) is 2.63. The topological polar surface area (TPSA) is 80.4 Å². The number of para-hydroxylation sites is 1. The minimum atomic E-state index is -0.546. The van der Waals surface area contributed by atoms with Gasteiger partial charge >= 0.3 is 12.1 Å².